The summed E-state index contributed by atoms with van der Waals surface area (Å²) >= 11 is 0. The van der Waals surface area contributed by atoms with Crippen LogP contribution in [0.3, 0.4) is 0 Å². The second-order valence-electron chi connectivity index (χ2n) is 10.3. The standard InChI is InChI=1S/C30H27FN8O3S/c1-3-4-27(40)36-20-10-18(13-33-14-20)24-11-22-26(15-35-24)38-39-29(22)25-12-21-23(37-25)5-6-34-28(21)16-7-17(9-19(31)8-16)30(32)43(2,41)42/h5-15,30,37H,3-4,32H2,1-2H3,(H,36,40)(H,38,39). The summed E-state index contributed by atoms with van der Waals surface area (Å²) in [5.41, 5.74) is 11.6. The summed E-state index contributed by atoms with van der Waals surface area (Å²) in [5.74, 6) is -0.703. The normalized spacial score (nSPS) is 12.6. The van der Waals surface area contributed by atoms with Gasteiger partial charge in [-0.1, -0.05) is 6.92 Å². The number of aromatic nitrogens is 6. The number of fused-ring (bicyclic) bond motifs is 2. The number of carbonyl (C=O) groups is 1. The van der Waals surface area contributed by atoms with Crippen LogP contribution in [0.25, 0.3) is 55.7 Å². The van der Waals surface area contributed by atoms with E-state index in [2.05, 4.69) is 35.5 Å². The summed E-state index contributed by atoms with van der Waals surface area (Å²) in [6, 6.07) is 11.3. The summed E-state index contributed by atoms with van der Waals surface area (Å²) in [6.07, 6.45) is 8.70. The van der Waals surface area contributed by atoms with Crippen molar-refractivity contribution in [3.05, 3.63) is 78.6 Å². The first kappa shape index (κ1) is 28.1. The number of benzene rings is 1. The van der Waals surface area contributed by atoms with Gasteiger partial charge in [0.1, 0.15) is 16.9 Å². The van der Waals surface area contributed by atoms with Crippen LogP contribution in [0.1, 0.15) is 30.7 Å². The molecule has 0 aliphatic heterocycles. The molecule has 6 rings (SSSR count). The van der Waals surface area contributed by atoms with Crippen LogP contribution in [0.5, 0.6) is 0 Å². The van der Waals surface area contributed by atoms with Gasteiger partial charge in [-0.05, 0) is 54.4 Å². The molecule has 5 aromatic heterocycles. The number of amides is 1. The Kier molecular flexibility index (Phi) is 7.20. The third-order valence-corrected chi connectivity index (χ3v) is 8.22. The van der Waals surface area contributed by atoms with E-state index in [-0.39, 0.29) is 11.5 Å². The van der Waals surface area contributed by atoms with Crippen LogP contribution in [0.2, 0.25) is 0 Å². The number of pyridine rings is 3. The minimum Gasteiger partial charge on any atom is -0.353 e. The zero-order valence-corrected chi connectivity index (χ0v) is 24.0. The van der Waals surface area contributed by atoms with Crippen molar-refractivity contribution in [2.45, 2.75) is 25.1 Å². The molecule has 11 nitrogen and oxygen atoms in total. The van der Waals surface area contributed by atoms with Crippen molar-refractivity contribution in [1.29, 1.82) is 0 Å². The quantitative estimate of drug-likeness (QED) is 0.187. The number of anilines is 1. The summed E-state index contributed by atoms with van der Waals surface area (Å²) in [6.45, 7) is 1.94. The molecule has 1 aromatic carbocycles. The lowest BCUT2D eigenvalue weighted by atomic mass is 10.0. The predicted molar refractivity (Wildman–Crippen MR) is 163 cm³/mol. The van der Waals surface area contributed by atoms with E-state index in [9.17, 15) is 17.6 Å². The molecule has 6 aromatic rings. The zero-order chi connectivity index (χ0) is 30.3. The monoisotopic (exact) mass is 598 g/mol. The van der Waals surface area contributed by atoms with Crippen molar-refractivity contribution in [3.63, 3.8) is 0 Å². The minimum atomic E-state index is -3.65. The van der Waals surface area contributed by atoms with Crippen LogP contribution in [0, 0.1) is 5.82 Å². The number of carbonyl (C=O) groups excluding carboxylic acids is 1. The van der Waals surface area contributed by atoms with Gasteiger partial charge in [0, 0.05) is 52.5 Å². The Hall–Kier alpha value is -5.01. The highest BCUT2D eigenvalue weighted by atomic mass is 32.2. The smallest absolute Gasteiger partial charge is 0.224 e. The number of nitrogens with one attached hydrogen (secondary N) is 3. The van der Waals surface area contributed by atoms with Crippen LogP contribution >= 0.6 is 0 Å². The molecule has 0 fully saturated rings. The Bertz CT molecular complexity index is 2120. The van der Waals surface area contributed by atoms with E-state index in [1.165, 1.54) is 12.1 Å². The molecule has 13 heteroatoms. The second kappa shape index (κ2) is 11.0. The SMILES string of the molecule is CCCC(=O)Nc1cncc(-c2cc3c(-c4cc5c(-c6cc(F)cc(C(N)S(C)(=O)=O)c6)nccc5[nH]4)n[nH]c3cn2)c1. The lowest BCUT2D eigenvalue weighted by Crippen LogP contribution is -2.20. The van der Waals surface area contributed by atoms with E-state index >= 15 is 0 Å². The topological polar surface area (TPSA) is 172 Å². The van der Waals surface area contributed by atoms with Crippen molar-refractivity contribution < 1.29 is 17.6 Å². The van der Waals surface area contributed by atoms with Crippen LogP contribution < -0.4 is 11.1 Å². The molecule has 0 bridgehead atoms. The Morgan fingerprint density at radius 2 is 1.81 bits per heavy atom. The number of nitrogens with two attached hydrogens (primary N) is 1. The van der Waals surface area contributed by atoms with Crippen molar-refractivity contribution in [1.82, 2.24) is 30.1 Å². The molecule has 1 atom stereocenters. The van der Waals surface area contributed by atoms with Gasteiger partial charge in [-0.2, -0.15) is 5.10 Å². The first-order valence-corrected chi connectivity index (χ1v) is 15.4. The molecule has 0 radical (unpaired) electrons. The summed E-state index contributed by atoms with van der Waals surface area (Å²) in [5, 5.41) is 10.5. The maximum atomic E-state index is 14.6. The minimum absolute atomic E-state index is 0.0811. The van der Waals surface area contributed by atoms with E-state index < -0.39 is 21.0 Å². The molecule has 0 saturated carbocycles. The van der Waals surface area contributed by atoms with Crippen molar-refractivity contribution >= 4 is 43.2 Å². The highest BCUT2D eigenvalue weighted by Crippen LogP contribution is 2.35. The Morgan fingerprint density at radius 1 is 1.00 bits per heavy atom. The Morgan fingerprint density at radius 3 is 2.60 bits per heavy atom. The third kappa shape index (κ3) is 5.59. The first-order valence-electron chi connectivity index (χ1n) is 13.4. The summed E-state index contributed by atoms with van der Waals surface area (Å²) < 4.78 is 38.7. The molecule has 5 heterocycles. The van der Waals surface area contributed by atoms with Crippen LogP contribution in [0.4, 0.5) is 10.1 Å². The molecule has 1 unspecified atom stereocenters. The van der Waals surface area contributed by atoms with Crippen molar-refractivity contribution in [2.24, 2.45) is 5.73 Å². The Labute approximate surface area is 245 Å². The average Bonchev–Trinajstić information content (AvgIpc) is 3.60. The number of H-pyrrole nitrogens is 2. The van der Waals surface area contributed by atoms with E-state index in [1.54, 1.807) is 30.9 Å². The van der Waals surface area contributed by atoms with Crippen molar-refractivity contribution in [2.75, 3.05) is 11.6 Å². The number of aromatic amines is 2. The second-order valence-corrected chi connectivity index (χ2v) is 12.4. The largest absolute Gasteiger partial charge is 0.353 e. The maximum absolute atomic E-state index is 14.6. The molecular formula is C30H27FN8O3S. The van der Waals surface area contributed by atoms with Crippen LogP contribution in [0.15, 0.2) is 67.3 Å². The highest BCUT2D eigenvalue weighted by molar-refractivity contribution is 7.90. The van der Waals surface area contributed by atoms with E-state index in [0.29, 0.717) is 51.4 Å². The average molecular weight is 599 g/mol. The summed E-state index contributed by atoms with van der Waals surface area (Å²) in [7, 11) is -3.65. The number of halogens is 1. The van der Waals surface area contributed by atoms with Gasteiger partial charge >= 0.3 is 0 Å². The molecule has 0 saturated heterocycles. The first-order chi connectivity index (χ1) is 20.6. The molecule has 1 amide bonds. The fraction of sp³-hybridized carbons (Fsp3) is 0.167. The van der Waals surface area contributed by atoms with Gasteiger partial charge in [0.2, 0.25) is 5.91 Å². The van der Waals surface area contributed by atoms with E-state index in [1.807, 2.05) is 25.1 Å². The highest BCUT2D eigenvalue weighted by Gasteiger charge is 2.21. The number of sulfone groups is 1. The van der Waals surface area contributed by atoms with Gasteiger partial charge in [0.05, 0.1) is 40.7 Å². The summed E-state index contributed by atoms with van der Waals surface area (Å²) in [4.78, 5) is 28.7. The molecule has 0 aliphatic carbocycles. The molecule has 0 spiro atoms. The van der Waals surface area contributed by atoms with Crippen LogP contribution in [-0.2, 0) is 14.6 Å². The van der Waals surface area contributed by atoms with E-state index in [0.717, 1.165) is 35.2 Å². The van der Waals surface area contributed by atoms with Gasteiger partial charge < -0.3 is 16.0 Å². The fourth-order valence-corrected chi connectivity index (χ4v) is 5.58. The Balaban J connectivity index is 1.40. The maximum Gasteiger partial charge on any atom is 0.224 e. The van der Waals surface area contributed by atoms with Gasteiger partial charge in [0.25, 0.3) is 0 Å². The fourth-order valence-electron chi connectivity index (χ4n) is 4.95. The van der Waals surface area contributed by atoms with Gasteiger partial charge in [0.15, 0.2) is 9.84 Å². The van der Waals surface area contributed by atoms with Gasteiger partial charge in [-0.25, -0.2) is 12.8 Å². The lowest BCUT2D eigenvalue weighted by Gasteiger charge is -2.12. The molecule has 43 heavy (non-hydrogen) atoms. The number of rotatable bonds is 8. The number of hydrogen-bond donors (Lipinski definition) is 4. The molecule has 218 valence electrons. The number of hydrogen-bond acceptors (Lipinski definition) is 8. The zero-order valence-electron chi connectivity index (χ0n) is 23.2. The predicted octanol–water partition coefficient (Wildman–Crippen LogP) is 5.11. The van der Waals surface area contributed by atoms with E-state index in [4.69, 9.17) is 5.73 Å². The third-order valence-electron chi connectivity index (χ3n) is 7.03. The molecule has 5 N–H and O–H groups in total. The van der Waals surface area contributed by atoms with Crippen LogP contribution in [-0.4, -0.2) is 50.7 Å². The van der Waals surface area contributed by atoms with Crippen molar-refractivity contribution in [3.8, 4) is 33.9 Å². The van der Waals surface area contributed by atoms with Gasteiger partial charge in [-0.15, -0.1) is 0 Å². The molecular weight excluding hydrogens is 571 g/mol. The number of nitrogens with zero attached hydrogens (tertiary/aromatic N) is 4. The van der Waals surface area contributed by atoms with Gasteiger partial charge in [-0.3, -0.25) is 24.8 Å². The lowest BCUT2D eigenvalue weighted by molar-refractivity contribution is -0.116. The molecule has 0 aliphatic rings.